The van der Waals surface area contributed by atoms with Crippen LogP contribution in [0.25, 0.3) is 0 Å². The third kappa shape index (κ3) is 4.26. The fourth-order valence-corrected chi connectivity index (χ4v) is 3.94. The Morgan fingerprint density at radius 2 is 2.04 bits per heavy atom. The highest BCUT2D eigenvalue weighted by Crippen LogP contribution is 2.31. The van der Waals surface area contributed by atoms with Gasteiger partial charge in [-0.1, -0.05) is 19.8 Å². The lowest BCUT2D eigenvalue weighted by Gasteiger charge is -2.29. The van der Waals surface area contributed by atoms with Crippen LogP contribution in [0.3, 0.4) is 0 Å². The van der Waals surface area contributed by atoms with E-state index < -0.39 is 0 Å². The van der Waals surface area contributed by atoms with Gasteiger partial charge in [0.15, 0.2) is 0 Å². The first-order valence-electron chi connectivity index (χ1n) is 9.31. The second kappa shape index (κ2) is 8.47. The minimum atomic E-state index is 0.0228. The molecule has 2 heterocycles. The van der Waals surface area contributed by atoms with Crippen molar-refractivity contribution < 1.29 is 9.53 Å². The van der Waals surface area contributed by atoms with Gasteiger partial charge in [0.2, 0.25) is 0 Å². The van der Waals surface area contributed by atoms with E-state index in [1.165, 1.54) is 24.8 Å². The molecule has 0 bridgehead atoms. The lowest BCUT2D eigenvalue weighted by Crippen LogP contribution is -2.41. The first kappa shape index (κ1) is 17.2. The second-order valence-corrected chi connectivity index (χ2v) is 7.03. The van der Waals surface area contributed by atoms with Crippen LogP contribution in [-0.2, 0) is 4.74 Å². The van der Waals surface area contributed by atoms with Crippen LogP contribution in [0.2, 0.25) is 0 Å². The third-order valence-electron chi connectivity index (χ3n) is 5.35. The number of ether oxygens (including phenoxy) is 1. The van der Waals surface area contributed by atoms with E-state index >= 15 is 0 Å². The summed E-state index contributed by atoms with van der Waals surface area (Å²) in [4.78, 5) is 18.5. The van der Waals surface area contributed by atoms with E-state index in [0.29, 0.717) is 25.2 Å². The van der Waals surface area contributed by atoms with E-state index in [2.05, 4.69) is 17.2 Å². The monoisotopic (exact) mass is 331 g/mol. The molecule has 1 aliphatic heterocycles. The van der Waals surface area contributed by atoms with Crippen LogP contribution < -0.4 is 5.32 Å². The summed E-state index contributed by atoms with van der Waals surface area (Å²) in [5.74, 6) is 0.643. The van der Waals surface area contributed by atoms with Crippen molar-refractivity contribution in [2.75, 3.05) is 19.7 Å². The minimum Gasteiger partial charge on any atom is -0.376 e. The maximum absolute atomic E-state index is 12.5. The van der Waals surface area contributed by atoms with Gasteiger partial charge in [-0.05, 0) is 49.3 Å². The molecule has 1 N–H and O–H groups in total. The summed E-state index contributed by atoms with van der Waals surface area (Å²) in [6, 6.07) is 4.20. The van der Waals surface area contributed by atoms with Crippen LogP contribution in [-0.4, -0.2) is 41.7 Å². The van der Waals surface area contributed by atoms with Gasteiger partial charge >= 0.3 is 6.03 Å². The Labute approximate surface area is 144 Å². The molecule has 0 unspecified atom stereocenters. The Morgan fingerprint density at radius 1 is 1.25 bits per heavy atom. The van der Waals surface area contributed by atoms with Crippen molar-refractivity contribution in [2.45, 2.75) is 57.6 Å². The van der Waals surface area contributed by atoms with Crippen molar-refractivity contribution in [2.24, 2.45) is 5.92 Å². The van der Waals surface area contributed by atoms with Crippen LogP contribution in [0.4, 0.5) is 4.79 Å². The maximum Gasteiger partial charge on any atom is 0.317 e. The molecule has 1 saturated heterocycles. The molecule has 132 valence electrons. The highest BCUT2D eigenvalue weighted by molar-refractivity contribution is 5.75. The van der Waals surface area contributed by atoms with Gasteiger partial charge in [0.1, 0.15) is 0 Å². The first-order valence-corrected chi connectivity index (χ1v) is 9.31. The summed E-state index contributed by atoms with van der Waals surface area (Å²) < 4.78 is 5.98. The summed E-state index contributed by atoms with van der Waals surface area (Å²) >= 11 is 0. The number of hydrogen-bond acceptors (Lipinski definition) is 3. The molecule has 2 fully saturated rings. The van der Waals surface area contributed by atoms with Gasteiger partial charge in [0, 0.05) is 25.5 Å². The summed E-state index contributed by atoms with van der Waals surface area (Å²) in [6.07, 6.45) is 11.0. The van der Waals surface area contributed by atoms with Crippen LogP contribution >= 0.6 is 0 Å². The SMILES string of the molecule is C[C@@H]1CCCC[C@H]1OCCNC(=O)N1CCC[C@H]1c1ccncc1. The van der Waals surface area contributed by atoms with Crippen molar-refractivity contribution in [1.29, 1.82) is 0 Å². The van der Waals surface area contributed by atoms with E-state index in [-0.39, 0.29) is 12.1 Å². The molecule has 1 saturated carbocycles. The zero-order valence-corrected chi connectivity index (χ0v) is 14.6. The van der Waals surface area contributed by atoms with Crippen molar-refractivity contribution in [3.8, 4) is 0 Å². The Bertz CT molecular complexity index is 523. The molecule has 2 amide bonds. The molecule has 3 atom stereocenters. The summed E-state index contributed by atoms with van der Waals surface area (Å²) in [6.45, 7) is 4.28. The predicted octanol–water partition coefficient (Wildman–Crippen LogP) is 3.52. The number of rotatable bonds is 5. The summed E-state index contributed by atoms with van der Waals surface area (Å²) in [7, 11) is 0. The molecule has 0 aromatic carbocycles. The van der Waals surface area contributed by atoms with E-state index in [1.807, 2.05) is 17.0 Å². The molecule has 1 aromatic heterocycles. The minimum absolute atomic E-state index is 0.0228. The lowest BCUT2D eigenvalue weighted by molar-refractivity contribution is -0.00274. The smallest absolute Gasteiger partial charge is 0.317 e. The number of pyridine rings is 1. The molecule has 5 nitrogen and oxygen atoms in total. The number of hydrogen-bond donors (Lipinski definition) is 1. The molecular formula is C19H29N3O2. The average Bonchev–Trinajstić information content (AvgIpc) is 3.10. The standard InChI is InChI=1S/C19H29N3O2/c1-15-5-2-3-7-18(15)24-14-12-21-19(23)22-13-4-6-17(22)16-8-10-20-11-9-16/h8-11,15,17-18H,2-7,12-14H2,1H3,(H,21,23)/t15-,17+,18-/m1/s1. The molecule has 0 spiro atoms. The zero-order valence-electron chi connectivity index (χ0n) is 14.6. The van der Waals surface area contributed by atoms with Crippen molar-refractivity contribution in [3.63, 3.8) is 0 Å². The molecule has 24 heavy (non-hydrogen) atoms. The first-order chi connectivity index (χ1) is 11.8. The van der Waals surface area contributed by atoms with E-state index in [9.17, 15) is 4.79 Å². The number of likely N-dealkylation sites (tertiary alicyclic amines) is 1. The second-order valence-electron chi connectivity index (χ2n) is 7.03. The van der Waals surface area contributed by atoms with Crippen LogP contribution in [0.1, 0.15) is 57.1 Å². The molecular weight excluding hydrogens is 302 g/mol. The van der Waals surface area contributed by atoms with Crippen LogP contribution in [0.5, 0.6) is 0 Å². The fourth-order valence-electron chi connectivity index (χ4n) is 3.94. The maximum atomic E-state index is 12.5. The van der Waals surface area contributed by atoms with E-state index in [0.717, 1.165) is 25.8 Å². The molecule has 0 radical (unpaired) electrons. The van der Waals surface area contributed by atoms with Gasteiger partial charge < -0.3 is 15.0 Å². The van der Waals surface area contributed by atoms with E-state index in [4.69, 9.17) is 4.74 Å². The van der Waals surface area contributed by atoms with Gasteiger partial charge in [-0.3, -0.25) is 4.98 Å². The number of amides is 2. The van der Waals surface area contributed by atoms with Crippen LogP contribution in [0.15, 0.2) is 24.5 Å². The highest BCUT2D eigenvalue weighted by Gasteiger charge is 2.29. The zero-order chi connectivity index (χ0) is 16.8. The summed E-state index contributed by atoms with van der Waals surface area (Å²) in [5.41, 5.74) is 1.17. The molecule has 1 aliphatic carbocycles. The molecule has 3 rings (SSSR count). The highest BCUT2D eigenvalue weighted by atomic mass is 16.5. The Kier molecular flexibility index (Phi) is 6.07. The topological polar surface area (TPSA) is 54.5 Å². The summed E-state index contributed by atoms with van der Waals surface area (Å²) in [5, 5.41) is 3.03. The average molecular weight is 331 g/mol. The predicted molar refractivity (Wildman–Crippen MR) is 93.7 cm³/mol. The van der Waals surface area contributed by atoms with Gasteiger partial charge in [0.25, 0.3) is 0 Å². The van der Waals surface area contributed by atoms with Crippen molar-refractivity contribution >= 4 is 6.03 Å². The van der Waals surface area contributed by atoms with E-state index in [1.54, 1.807) is 12.4 Å². The lowest BCUT2D eigenvalue weighted by atomic mass is 9.88. The quantitative estimate of drug-likeness (QED) is 0.840. The molecule has 5 heteroatoms. The number of nitrogens with one attached hydrogen (secondary N) is 1. The number of urea groups is 1. The number of carbonyl (C=O) groups excluding carboxylic acids is 1. The van der Waals surface area contributed by atoms with Gasteiger partial charge in [-0.25, -0.2) is 4.79 Å². The van der Waals surface area contributed by atoms with Crippen molar-refractivity contribution in [3.05, 3.63) is 30.1 Å². The van der Waals surface area contributed by atoms with Crippen LogP contribution in [0, 0.1) is 5.92 Å². The molecule has 2 aliphatic rings. The Balaban J connectivity index is 1.43. The van der Waals surface area contributed by atoms with Gasteiger partial charge in [-0.2, -0.15) is 0 Å². The largest absolute Gasteiger partial charge is 0.376 e. The third-order valence-corrected chi connectivity index (χ3v) is 5.35. The van der Waals surface area contributed by atoms with Crippen molar-refractivity contribution in [1.82, 2.24) is 15.2 Å². The van der Waals surface area contributed by atoms with Gasteiger partial charge in [0.05, 0.1) is 18.8 Å². The Hall–Kier alpha value is -1.62. The van der Waals surface area contributed by atoms with Gasteiger partial charge in [-0.15, -0.1) is 0 Å². The molecule has 1 aromatic rings. The number of aromatic nitrogens is 1. The number of carbonyl (C=O) groups is 1. The fraction of sp³-hybridized carbons (Fsp3) is 0.684. The Morgan fingerprint density at radius 3 is 2.83 bits per heavy atom. The number of nitrogens with zero attached hydrogens (tertiary/aromatic N) is 2. The normalized spacial score (nSPS) is 27.2.